The van der Waals surface area contributed by atoms with Gasteiger partial charge in [0.2, 0.25) is 0 Å². The second-order valence-corrected chi connectivity index (χ2v) is 4.78. The van der Waals surface area contributed by atoms with Crippen LogP contribution in [0.15, 0.2) is 27.1 Å². The van der Waals surface area contributed by atoms with E-state index in [0.29, 0.717) is 13.1 Å². The fourth-order valence-electron chi connectivity index (χ4n) is 1.08. The zero-order valence-electron chi connectivity index (χ0n) is 7.96. The van der Waals surface area contributed by atoms with Crippen LogP contribution in [0.25, 0.3) is 0 Å². The van der Waals surface area contributed by atoms with Crippen molar-refractivity contribution < 1.29 is 9.90 Å². The van der Waals surface area contributed by atoms with Crippen LogP contribution in [0.2, 0.25) is 0 Å². The fraction of sp³-hybridized carbons (Fsp3) is 0.300. The maximum Gasteiger partial charge on any atom is 0.304 e. The van der Waals surface area contributed by atoms with E-state index in [1.165, 1.54) is 0 Å². The van der Waals surface area contributed by atoms with E-state index in [9.17, 15) is 4.79 Å². The van der Waals surface area contributed by atoms with Gasteiger partial charge in [-0.2, -0.15) is 0 Å². The number of carbonyl (C=O) groups is 1. The lowest BCUT2D eigenvalue weighted by Crippen LogP contribution is -2.17. The van der Waals surface area contributed by atoms with Crippen molar-refractivity contribution in [2.75, 3.05) is 6.54 Å². The molecule has 0 aliphatic carbocycles. The van der Waals surface area contributed by atoms with Gasteiger partial charge in [0.15, 0.2) is 0 Å². The smallest absolute Gasteiger partial charge is 0.304 e. The zero-order valence-corrected chi connectivity index (χ0v) is 11.1. The first-order valence-corrected chi connectivity index (χ1v) is 6.04. The second-order valence-electron chi connectivity index (χ2n) is 3.07. The summed E-state index contributed by atoms with van der Waals surface area (Å²) >= 11 is 6.79. The molecule has 0 unspecified atom stereocenters. The Morgan fingerprint density at radius 3 is 2.67 bits per heavy atom. The minimum atomic E-state index is -0.778. The molecule has 1 aromatic rings. The van der Waals surface area contributed by atoms with Crippen LogP contribution in [0, 0.1) is 0 Å². The SMILES string of the molecule is O=C(O)CCNCc1ccc(Br)c(Br)c1. The van der Waals surface area contributed by atoms with E-state index in [4.69, 9.17) is 5.11 Å². The summed E-state index contributed by atoms with van der Waals surface area (Å²) in [5.74, 6) is -0.778. The van der Waals surface area contributed by atoms with Gasteiger partial charge in [0.05, 0.1) is 6.42 Å². The summed E-state index contributed by atoms with van der Waals surface area (Å²) < 4.78 is 2.01. The summed E-state index contributed by atoms with van der Waals surface area (Å²) in [6.07, 6.45) is 0.150. The number of nitrogens with one attached hydrogen (secondary N) is 1. The highest BCUT2D eigenvalue weighted by molar-refractivity contribution is 9.13. The standard InChI is InChI=1S/C10H11Br2NO2/c11-8-2-1-7(5-9(8)12)6-13-4-3-10(14)15/h1-2,5,13H,3-4,6H2,(H,14,15). The highest BCUT2D eigenvalue weighted by atomic mass is 79.9. The third kappa shape index (κ3) is 4.77. The largest absolute Gasteiger partial charge is 0.481 e. The van der Waals surface area contributed by atoms with Gasteiger partial charge in [0.1, 0.15) is 0 Å². The number of hydrogen-bond donors (Lipinski definition) is 2. The van der Waals surface area contributed by atoms with Crippen LogP contribution in [0.4, 0.5) is 0 Å². The Bertz CT molecular complexity index is 355. The Balaban J connectivity index is 2.38. The topological polar surface area (TPSA) is 49.3 Å². The number of rotatable bonds is 5. The van der Waals surface area contributed by atoms with Gasteiger partial charge in [-0.1, -0.05) is 6.07 Å². The van der Waals surface area contributed by atoms with Crippen LogP contribution >= 0.6 is 31.9 Å². The molecule has 0 radical (unpaired) electrons. The Labute approximate surface area is 105 Å². The summed E-state index contributed by atoms with van der Waals surface area (Å²) in [4.78, 5) is 10.3. The summed E-state index contributed by atoms with van der Waals surface area (Å²) in [5, 5.41) is 11.5. The molecule has 0 saturated heterocycles. The first kappa shape index (κ1) is 12.7. The number of carboxylic acid groups (broad SMARTS) is 1. The maximum atomic E-state index is 10.3. The monoisotopic (exact) mass is 335 g/mol. The van der Waals surface area contributed by atoms with Crippen LogP contribution in [-0.2, 0) is 11.3 Å². The van der Waals surface area contributed by atoms with Crippen LogP contribution in [0.1, 0.15) is 12.0 Å². The van der Waals surface area contributed by atoms with E-state index in [1.807, 2.05) is 18.2 Å². The molecule has 0 atom stereocenters. The summed E-state index contributed by atoms with van der Waals surface area (Å²) in [6.45, 7) is 1.17. The number of carboxylic acids is 1. The van der Waals surface area contributed by atoms with Gasteiger partial charge < -0.3 is 10.4 Å². The number of benzene rings is 1. The van der Waals surface area contributed by atoms with E-state index in [0.717, 1.165) is 14.5 Å². The van der Waals surface area contributed by atoms with Crippen molar-refractivity contribution >= 4 is 37.8 Å². The zero-order chi connectivity index (χ0) is 11.3. The van der Waals surface area contributed by atoms with Gasteiger partial charge in [0.25, 0.3) is 0 Å². The normalized spacial score (nSPS) is 10.3. The molecule has 15 heavy (non-hydrogen) atoms. The van der Waals surface area contributed by atoms with Crippen molar-refractivity contribution in [3.8, 4) is 0 Å². The molecule has 82 valence electrons. The van der Waals surface area contributed by atoms with Crippen molar-refractivity contribution in [2.24, 2.45) is 0 Å². The maximum absolute atomic E-state index is 10.3. The molecule has 0 aliphatic rings. The van der Waals surface area contributed by atoms with Gasteiger partial charge in [-0.25, -0.2) is 0 Å². The molecular formula is C10H11Br2NO2. The lowest BCUT2D eigenvalue weighted by atomic mass is 10.2. The predicted molar refractivity (Wildman–Crippen MR) is 65.8 cm³/mol. The van der Waals surface area contributed by atoms with Crippen molar-refractivity contribution in [3.63, 3.8) is 0 Å². The molecule has 0 aliphatic heterocycles. The van der Waals surface area contributed by atoms with Crippen molar-refractivity contribution in [2.45, 2.75) is 13.0 Å². The van der Waals surface area contributed by atoms with E-state index in [2.05, 4.69) is 37.2 Å². The van der Waals surface area contributed by atoms with Gasteiger partial charge >= 0.3 is 5.97 Å². The highest BCUT2D eigenvalue weighted by Gasteiger charge is 1.99. The average molecular weight is 337 g/mol. The van der Waals surface area contributed by atoms with E-state index in [-0.39, 0.29) is 6.42 Å². The Morgan fingerprint density at radius 1 is 1.33 bits per heavy atom. The molecule has 0 aromatic heterocycles. The Hall–Kier alpha value is -0.390. The van der Waals surface area contributed by atoms with Gasteiger partial charge in [-0.15, -0.1) is 0 Å². The Morgan fingerprint density at radius 2 is 2.07 bits per heavy atom. The molecule has 0 spiro atoms. The van der Waals surface area contributed by atoms with Gasteiger partial charge in [-0.05, 0) is 49.6 Å². The van der Waals surface area contributed by atoms with Crippen LogP contribution < -0.4 is 5.32 Å². The van der Waals surface area contributed by atoms with Gasteiger partial charge in [-0.3, -0.25) is 4.79 Å². The third-order valence-corrected chi connectivity index (χ3v) is 3.71. The lowest BCUT2D eigenvalue weighted by Gasteiger charge is -2.04. The number of aliphatic carboxylic acids is 1. The minimum Gasteiger partial charge on any atom is -0.481 e. The van der Waals surface area contributed by atoms with E-state index >= 15 is 0 Å². The second kappa shape index (κ2) is 6.25. The minimum absolute atomic E-state index is 0.150. The molecule has 0 amide bonds. The van der Waals surface area contributed by atoms with E-state index in [1.54, 1.807) is 0 Å². The fourth-order valence-corrected chi connectivity index (χ4v) is 1.75. The molecule has 2 N–H and O–H groups in total. The lowest BCUT2D eigenvalue weighted by molar-refractivity contribution is -0.136. The first-order valence-electron chi connectivity index (χ1n) is 4.46. The summed E-state index contributed by atoms with van der Waals surface area (Å²) in [7, 11) is 0. The molecule has 1 rings (SSSR count). The predicted octanol–water partition coefficient (Wildman–Crippen LogP) is 2.78. The van der Waals surface area contributed by atoms with Crippen LogP contribution in [0.3, 0.4) is 0 Å². The summed E-state index contributed by atoms with van der Waals surface area (Å²) in [5.41, 5.74) is 1.12. The van der Waals surface area contributed by atoms with Crippen molar-refractivity contribution in [1.82, 2.24) is 5.32 Å². The average Bonchev–Trinajstić information content (AvgIpc) is 2.18. The number of halogens is 2. The quantitative estimate of drug-likeness (QED) is 0.813. The molecule has 1 aromatic carbocycles. The third-order valence-electron chi connectivity index (χ3n) is 1.83. The molecule has 5 heteroatoms. The van der Waals surface area contributed by atoms with Crippen molar-refractivity contribution in [3.05, 3.63) is 32.7 Å². The van der Waals surface area contributed by atoms with Crippen LogP contribution in [-0.4, -0.2) is 17.6 Å². The Kier molecular flexibility index (Phi) is 5.28. The van der Waals surface area contributed by atoms with Crippen LogP contribution in [0.5, 0.6) is 0 Å². The highest BCUT2D eigenvalue weighted by Crippen LogP contribution is 2.23. The molecular weight excluding hydrogens is 326 g/mol. The number of hydrogen-bond acceptors (Lipinski definition) is 2. The molecule has 3 nitrogen and oxygen atoms in total. The summed E-state index contributed by atoms with van der Waals surface area (Å²) in [6, 6.07) is 5.94. The molecule has 0 fully saturated rings. The van der Waals surface area contributed by atoms with E-state index < -0.39 is 5.97 Å². The molecule has 0 saturated carbocycles. The molecule has 0 bridgehead atoms. The first-order chi connectivity index (χ1) is 7.09. The van der Waals surface area contributed by atoms with Gasteiger partial charge in [0, 0.05) is 22.0 Å². The van der Waals surface area contributed by atoms with Crippen molar-refractivity contribution in [1.29, 1.82) is 0 Å². The molecule has 0 heterocycles.